The normalized spacial score (nSPS) is 14.4. The van der Waals surface area contributed by atoms with Gasteiger partial charge in [0.25, 0.3) is 0 Å². The zero-order valence-corrected chi connectivity index (χ0v) is 7.69. The molecule has 0 aromatic rings. The Morgan fingerprint density at radius 2 is 1.92 bits per heavy atom. The van der Waals surface area contributed by atoms with Gasteiger partial charge in [0.05, 0.1) is 12.7 Å². The topological polar surface area (TPSA) is 78.3 Å². The van der Waals surface area contributed by atoms with Gasteiger partial charge in [-0.2, -0.15) is 0 Å². The summed E-state index contributed by atoms with van der Waals surface area (Å²) in [5, 5.41) is 0. The first-order chi connectivity index (χ1) is 5.16. The Hall–Kier alpha value is -0.900. The first-order valence-electron chi connectivity index (χ1n) is 3.50. The molecule has 0 bridgehead atoms. The fraction of sp³-hybridized carbons (Fsp3) is 0.571. The third-order valence-corrected chi connectivity index (χ3v) is 1.70. The molecule has 0 aromatic carbocycles. The number of ether oxygens (including phenoxy) is 1. The van der Waals surface area contributed by atoms with E-state index in [0.717, 1.165) is 12.8 Å². The summed E-state index contributed by atoms with van der Waals surface area (Å²) in [5.74, 6) is -0.0562. The Kier molecular flexibility index (Phi) is 3.89. The van der Waals surface area contributed by atoms with Crippen LogP contribution in [0.25, 0.3) is 0 Å². The second-order valence-electron chi connectivity index (χ2n) is 2.63. The highest BCUT2D eigenvalue weighted by Gasteiger charge is 2.32. The summed E-state index contributed by atoms with van der Waals surface area (Å²) >= 11 is 0. The predicted molar refractivity (Wildman–Crippen MR) is 47.4 cm³/mol. The van der Waals surface area contributed by atoms with E-state index in [9.17, 15) is 4.79 Å². The van der Waals surface area contributed by atoms with Gasteiger partial charge < -0.3 is 16.2 Å². The van der Waals surface area contributed by atoms with Crippen LogP contribution in [-0.2, 0) is 9.53 Å². The maximum atomic E-state index is 11.0. The second-order valence-corrected chi connectivity index (χ2v) is 2.63. The monoisotopic (exact) mass is 192 g/mol. The molecule has 0 radical (unpaired) electrons. The molecule has 5 heteroatoms. The van der Waals surface area contributed by atoms with Crippen LogP contribution < -0.4 is 11.5 Å². The molecule has 1 aliphatic carbocycles. The van der Waals surface area contributed by atoms with Crippen molar-refractivity contribution in [2.45, 2.75) is 12.8 Å². The van der Waals surface area contributed by atoms with Crippen LogP contribution in [0.1, 0.15) is 12.8 Å². The lowest BCUT2D eigenvalue weighted by Crippen LogP contribution is -2.19. The molecule has 0 amide bonds. The van der Waals surface area contributed by atoms with E-state index in [1.807, 2.05) is 0 Å². The van der Waals surface area contributed by atoms with Crippen molar-refractivity contribution < 1.29 is 9.53 Å². The largest absolute Gasteiger partial charge is 0.466 e. The molecule has 1 rings (SSSR count). The summed E-state index contributed by atoms with van der Waals surface area (Å²) in [6.45, 7) is 0. The van der Waals surface area contributed by atoms with E-state index in [0.29, 0.717) is 5.57 Å². The van der Waals surface area contributed by atoms with E-state index in [-0.39, 0.29) is 24.1 Å². The minimum atomic E-state index is -0.396. The zero-order valence-electron chi connectivity index (χ0n) is 6.87. The fourth-order valence-corrected chi connectivity index (χ4v) is 1.00. The Bertz CT molecular complexity index is 207. The molecule has 0 atom stereocenters. The van der Waals surface area contributed by atoms with E-state index in [2.05, 4.69) is 4.74 Å². The van der Waals surface area contributed by atoms with E-state index >= 15 is 0 Å². The molecular weight excluding hydrogens is 180 g/mol. The van der Waals surface area contributed by atoms with E-state index in [4.69, 9.17) is 11.5 Å². The lowest BCUT2D eigenvalue weighted by atomic mass is 10.2. The van der Waals surface area contributed by atoms with Crippen molar-refractivity contribution in [3.05, 3.63) is 11.4 Å². The molecule has 0 unspecified atom stereocenters. The standard InChI is InChI=1S/C7H12N2O2.ClH/c1-11-7(10)5(6(8)9)4-2-3-4;/h4H,2-3,8-9H2,1H3;1H. The number of hydrogen-bond acceptors (Lipinski definition) is 4. The Morgan fingerprint density at radius 3 is 2.17 bits per heavy atom. The van der Waals surface area contributed by atoms with Gasteiger partial charge in [0.2, 0.25) is 0 Å². The van der Waals surface area contributed by atoms with Crippen LogP contribution in [0.3, 0.4) is 0 Å². The Balaban J connectivity index is 0.00000121. The van der Waals surface area contributed by atoms with Crippen LogP contribution >= 0.6 is 12.4 Å². The molecule has 70 valence electrons. The number of rotatable bonds is 2. The maximum absolute atomic E-state index is 11.0. The third-order valence-electron chi connectivity index (χ3n) is 1.70. The van der Waals surface area contributed by atoms with Gasteiger partial charge in [-0.05, 0) is 18.8 Å². The van der Waals surface area contributed by atoms with Gasteiger partial charge in [-0.1, -0.05) is 0 Å². The summed E-state index contributed by atoms with van der Waals surface area (Å²) in [7, 11) is 1.33. The molecule has 1 saturated carbocycles. The molecule has 4 nitrogen and oxygen atoms in total. The van der Waals surface area contributed by atoms with Crippen LogP contribution in [-0.4, -0.2) is 13.1 Å². The molecule has 0 heterocycles. The Morgan fingerprint density at radius 1 is 1.42 bits per heavy atom. The van der Waals surface area contributed by atoms with Gasteiger partial charge in [-0.25, -0.2) is 4.79 Å². The van der Waals surface area contributed by atoms with Gasteiger partial charge >= 0.3 is 5.97 Å². The first-order valence-corrected chi connectivity index (χ1v) is 3.50. The van der Waals surface area contributed by atoms with Crippen LogP contribution in [0.15, 0.2) is 11.4 Å². The van der Waals surface area contributed by atoms with Crippen molar-refractivity contribution in [3.63, 3.8) is 0 Å². The molecule has 0 aromatic heterocycles. The molecule has 0 aliphatic heterocycles. The summed E-state index contributed by atoms with van der Waals surface area (Å²) in [4.78, 5) is 11.0. The van der Waals surface area contributed by atoms with Crippen molar-refractivity contribution in [1.82, 2.24) is 0 Å². The number of carbonyl (C=O) groups excluding carboxylic acids is 1. The molecule has 1 fully saturated rings. The van der Waals surface area contributed by atoms with Gasteiger partial charge in [0, 0.05) is 0 Å². The van der Waals surface area contributed by atoms with Gasteiger partial charge in [-0.3, -0.25) is 0 Å². The molecule has 0 spiro atoms. The smallest absolute Gasteiger partial charge is 0.337 e. The lowest BCUT2D eigenvalue weighted by Gasteiger charge is -2.04. The van der Waals surface area contributed by atoms with Crippen molar-refractivity contribution in [2.75, 3.05) is 7.11 Å². The predicted octanol–water partition coefficient (Wildman–Crippen LogP) is 0.120. The molecule has 1 aliphatic rings. The number of methoxy groups -OCH3 is 1. The summed E-state index contributed by atoms with van der Waals surface area (Å²) in [6.07, 6.45) is 1.98. The minimum Gasteiger partial charge on any atom is -0.466 e. The van der Waals surface area contributed by atoms with E-state index < -0.39 is 5.97 Å². The average Bonchev–Trinajstić information content (AvgIpc) is 2.71. The van der Waals surface area contributed by atoms with Crippen LogP contribution in [0.2, 0.25) is 0 Å². The van der Waals surface area contributed by atoms with Crippen LogP contribution in [0.4, 0.5) is 0 Å². The van der Waals surface area contributed by atoms with Crippen molar-refractivity contribution in [2.24, 2.45) is 17.4 Å². The number of carbonyl (C=O) groups is 1. The van der Waals surface area contributed by atoms with E-state index in [1.54, 1.807) is 0 Å². The number of halogens is 1. The fourth-order valence-electron chi connectivity index (χ4n) is 1.00. The highest BCUT2D eigenvalue weighted by atomic mass is 35.5. The highest BCUT2D eigenvalue weighted by Crippen LogP contribution is 2.37. The number of nitrogens with two attached hydrogens (primary N) is 2. The SMILES string of the molecule is COC(=O)C(=C(N)N)C1CC1.Cl. The molecule has 12 heavy (non-hydrogen) atoms. The van der Waals surface area contributed by atoms with Crippen molar-refractivity contribution in [3.8, 4) is 0 Å². The van der Waals surface area contributed by atoms with Crippen molar-refractivity contribution >= 4 is 18.4 Å². The van der Waals surface area contributed by atoms with Crippen LogP contribution in [0.5, 0.6) is 0 Å². The highest BCUT2D eigenvalue weighted by molar-refractivity contribution is 5.90. The molecule has 0 saturated heterocycles. The van der Waals surface area contributed by atoms with E-state index in [1.165, 1.54) is 7.11 Å². The Labute approximate surface area is 77.3 Å². The molecule has 4 N–H and O–H groups in total. The second kappa shape index (κ2) is 4.21. The maximum Gasteiger partial charge on any atom is 0.337 e. The third kappa shape index (κ3) is 2.30. The quantitative estimate of drug-likeness (QED) is 0.481. The lowest BCUT2D eigenvalue weighted by molar-refractivity contribution is -0.136. The number of hydrogen-bond donors (Lipinski definition) is 2. The molecular formula is C7H13ClN2O2. The van der Waals surface area contributed by atoms with Gasteiger partial charge in [0.1, 0.15) is 5.82 Å². The number of esters is 1. The summed E-state index contributed by atoms with van der Waals surface area (Å²) < 4.78 is 4.52. The van der Waals surface area contributed by atoms with Crippen LogP contribution in [0, 0.1) is 5.92 Å². The summed E-state index contributed by atoms with van der Waals surface area (Å²) in [6, 6.07) is 0. The van der Waals surface area contributed by atoms with Gasteiger partial charge in [-0.15, -0.1) is 12.4 Å². The average molecular weight is 193 g/mol. The van der Waals surface area contributed by atoms with Crippen molar-refractivity contribution in [1.29, 1.82) is 0 Å². The summed E-state index contributed by atoms with van der Waals surface area (Å²) in [5.41, 5.74) is 11.1. The van der Waals surface area contributed by atoms with Gasteiger partial charge in [0.15, 0.2) is 0 Å². The zero-order chi connectivity index (χ0) is 8.43. The minimum absolute atomic E-state index is 0. The first kappa shape index (κ1) is 11.1.